The van der Waals surface area contributed by atoms with Gasteiger partial charge < -0.3 is 15.2 Å². The molecule has 0 saturated carbocycles. The zero-order valence-electron chi connectivity index (χ0n) is 9.98. The predicted octanol–water partition coefficient (Wildman–Crippen LogP) is 1.91. The molecule has 0 aliphatic rings. The molecule has 1 aromatic heterocycles. The van der Waals surface area contributed by atoms with E-state index in [-0.39, 0.29) is 6.04 Å². The normalized spacial score (nSPS) is 12.4. The Balaban J connectivity index is 2.39. The Morgan fingerprint density at radius 2 is 2.12 bits per heavy atom. The van der Waals surface area contributed by atoms with E-state index < -0.39 is 0 Å². The van der Waals surface area contributed by atoms with Crippen LogP contribution in [0.4, 0.5) is 0 Å². The fourth-order valence-corrected chi connectivity index (χ4v) is 1.27. The summed E-state index contributed by atoms with van der Waals surface area (Å²) in [5.41, 5.74) is 6.76. The van der Waals surface area contributed by atoms with Gasteiger partial charge >= 0.3 is 0 Å². The molecule has 0 fully saturated rings. The van der Waals surface area contributed by atoms with Gasteiger partial charge in [0, 0.05) is 12.6 Å². The average molecular weight is 224 g/mol. The third kappa shape index (κ3) is 4.16. The van der Waals surface area contributed by atoms with Gasteiger partial charge in [-0.2, -0.15) is 0 Å². The highest BCUT2D eigenvalue weighted by Gasteiger charge is 2.04. The number of hydrogen-bond donors (Lipinski definition) is 1. The summed E-state index contributed by atoms with van der Waals surface area (Å²) in [6, 6.07) is 3.81. The number of hydrogen-bond acceptors (Lipinski definition) is 4. The maximum Gasteiger partial charge on any atom is 0.137 e. The van der Waals surface area contributed by atoms with E-state index in [4.69, 9.17) is 15.2 Å². The molecule has 1 aromatic rings. The van der Waals surface area contributed by atoms with Gasteiger partial charge in [-0.05, 0) is 25.5 Å². The monoisotopic (exact) mass is 224 g/mol. The van der Waals surface area contributed by atoms with Gasteiger partial charge in [0.05, 0.1) is 18.5 Å². The van der Waals surface area contributed by atoms with Gasteiger partial charge in [-0.3, -0.25) is 4.98 Å². The lowest BCUT2D eigenvalue weighted by atomic mass is 10.1. The molecule has 0 aliphatic heterocycles. The Labute approximate surface area is 96.8 Å². The molecule has 0 saturated heterocycles. The van der Waals surface area contributed by atoms with Crippen LogP contribution in [0.5, 0.6) is 5.75 Å². The van der Waals surface area contributed by atoms with E-state index in [1.54, 1.807) is 6.20 Å². The number of nitrogens with two attached hydrogens (primary N) is 1. The molecule has 4 nitrogen and oxygen atoms in total. The number of rotatable bonds is 7. The second kappa shape index (κ2) is 7.19. The Bertz CT molecular complexity index is 288. The van der Waals surface area contributed by atoms with Crippen LogP contribution in [-0.4, -0.2) is 24.8 Å². The van der Waals surface area contributed by atoms with Crippen molar-refractivity contribution in [2.24, 2.45) is 5.73 Å². The quantitative estimate of drug-likeness (QED) is 0.719. The highest BCUT2D eigenvalue weighted by molar-refractivity contribution is 5.21. The molecular formula is C12H20N2O2. The van der Waals surface area contributed by atoms with E-state index in [0.29, 0.717) is 19.8 Å². The van der Waals surface area contributed by atoms with Crippen molar-refractivity contribution < 1.29 is 9.47 Å². The molecule has 4 heteroatoms. The van der Waals surface area contributed by atoms with E-state index in [0.717, 1.165) is 17.9 Å². The molecule has 1 rings (SSSR count). The zero-order chi connectivity index (χ0) is 11.8. The number of pyridine rings is 1. The van der Waals surface area contributed by atoms with E-state index in [9.17, 15) is 0 Å². The van der Waals surface area contributed by atoms with Crippen LogP contribution in [0.3, 0.4) is 0 Å². The van der Waals surface area contributed by atoms with Crippen molar-refractivity contribution >= 4 is 0 Å². The summed E-state index contributed by atoms with van der Waals surface area (Å²) >= 11 is 0. The molecule has 0 unspecified atom stereocenters. The van der Waals surface area contributed by atoms with Gasteiger partial charge in [-0.15, -0.1) is 0 Å². The third-order valence-electron chi connectivity index (χ3n) is 2.28. The molecule has 0 aromatic carbocycles. The topological polar surface area (TPSA) is 57.4 Å². The molecule has 0 amide bonds. The maximum absolute atomic E-state index is 5.86. The lowest BCUT2D eigenvalue weighted by Gasteiger charge is -2.09. The first-order valence-corrected chi connectivity index (χ1v) is 5.70. The van der Waals surface area contributed by atoms with Gasteiger partial charge in [0.25, 0.3) is 0 Å². The van der Waals surface area contributed by atoms with Crippen LogP contribution in [0.15, 0.2) is 18.3 Å². The summed E-state index contributed by atoms with van der Waals surface area (Å²) in [6.07, 6.45) is 2.59. The predicted molar refractivity (Wildman–Crippen MR) is 63.4 cm³/mol. The second-order valence-electron chi connectivity index (χ2n) is 3.48. The van der Waals surface area contributed by atoms with Crippen molar-refractivity contribution in [2.45, 2.75) is 26.3 Å². The molecule has 90 valence electrons. The van der Waals surface area contributed by atoms with Crippen molar-refractivity contribution in [1.82, 2.24) is 4.98 Å². The molecule has 0 spiro atoms. The Morgan fingerprint density at radius 1 is 1.31 bits per heavy atom. The first kappa shape index (κ1) is 12.9. The molecule has 16 heavy (non-hydrogen) atoms. The summed E-state index contributed by atoms with van der Waals surface area (Å²) in [6.45, 7) is 5.87. The lowest BCUT2D eigenvalue weighted by molar-refractivity contribution is 0.110. The molecule has 1 atom stereocenters. The van der Waals surface area contributed by atoms with Crippen molar-refractivity contribution in [2.75, 3.05) is 19.8 Å². The van der Waals surface area contributed by atoms with Gasteiger partial charge in [-0.25, -0.2) is 0 Å². The highest BCUT2D eigenvalue weighted by atomic mass is 16.5. The standard InChI is InChI=1S/C12H20N2O2/c1-3-11(13)12-6-5-10(9-14-12)16-8-7-15-4-2/h5-6,9,11H,3-4,7-8,13H2,1-2H3/t11-/m0/s1. The third-order valence-corrected chi connectivity index (χ3v) is 2.28. The van der Waals surface area contributed by atoms with E-state index in [1.807, 2.05) is 26.0 Å². The number of ether oxygens (including phenoxy) is 2. The van der Waals surface area contributed by atoms with Crippen LogP contribution in [0.2, 0.25) is 0 Å². The summed E-state index contributed by atoms with van der Waals surface area (Å²) in [7, 11) is 0. The highest BCUT2D eigenvalue weighted by Crippen LogP contribution is 2.14. The van der Waals surface area contributed by atoms with Crippen LogP contribution < -0.4 is 10.5 Å². The lowest BCUT2D eigenvalue weighted by Crippen LogP contribution is -2.11. The van der Waals surface area contributed by atoms with Crippen LogP contribution in [-0.2, 0) is 4.74 Å². The molecule has 0 radical (unpaired) electrons. The summed E-state index contributed by atoms with van der Waals surface area (Å²) in [4.78, 5) is 4.26. The number of aromatic nitrogens is 1. The molecular weight excluding hydrogens is 204 g/mol. The van der Waals surface area contributed by atoms with Crippen LogP contribution in [0.1, 0.15) is 32.0 Å². The van der Waals surface area contributed by atoms with E-state index >= 15 is 0 Å². The minimum Gasteiger partial charge on any atom is -0.490 e. The molecule has 2 N–H and O–H groups in total. The van der Waals surface area contributed by atoms with Crippen LogP contribution >= 0.6 is 0 Å². The van der Waals surface area contributed by atoms with E-state index in [1.165, 1.54) is 0 Å². The van der Waals surface area contributed by atoms with Crippen molar-refractivity contribution in [3.8, 4) is 5.75 Å². The minimum absolute atomic E-state index is 0.0116. The molecule has 0 bridgehead atoms. The minimum atomic E-state index is 0.0116. The van der Waals surface area contributed by atoms with Crippen molar-refractivity contribution in [1.29, 1.82) is 0 Å². The van der Waals surface area contributed by atoms with E-state index in [2.05, 4.69) is 4.98 Å². The number of nitrogens with zero attached hydrogens (tertiary/aromatic N) is 1. The van der Waals surface area contributed by atoms with Gasteiger partial charge in [0.15, 0.2) is 0 Å². The van der Waals surface area contributed by atoms with Gasteiger partial charge in [-0.1, -0.05) is 6.92 Å². The summed E-state index contributed by atoms with van der Waals surface area (Å²) in [5, 5.41) is 0. The smallest absolute Gasteiger partial charge is 0.137 e. The first-order chi connectivity index (χ1) is 7.77. The fraction of sp³-hybridized carbons (Fsp3) is 0.583. The summed E-state index contributed by atoms with van der Waals surface area (Å²) < 4.78 is 10.6. The summed E-state index contributed by atoms with van der Waals surface area (Å²) in [5.74, 6) is 0.756. The Morgan fingerprint density at radius 3 is 2.69 bits per heavy atom. The van der Waals surface area contributed by atoms with Crippen molar-refractivity contribution in [3.05, 3.63) is 24.0 Å². The zero-order valence-corrected chi connectivity index (χ0v) is 9.98. The first-order valence-electron chi connectivity index (χ1n) is 5.70. The van der Waals surface area contributed by atoms with Gasteiger partial charge in [0.2, 0.25) is 0 Å². The van der Waals surface area contributed by atoms with Crippen LogP contribution in [0, 0.1) is 0 Å². The Kier molecular flexibility index (Phi) is 5.82. The largest absolute Gasteiger partial charge is 0.490 e. The Hall–Kier alpha value is -1.13. The second-order valence-corrected chi connectivity index (χ2v) is 3.48. The average Bonchev–Trinajstić information content (AvgIpc) is 2.34. The fourth-order valence-electron chi connectivity index (χ4n) is 1.27. The van der Waals surface area contributed by atoms with Gasteiger partial charge in [0.1, 0.15) is 12.4 Å². The van der Waals surface area contributed by atoms with Crippen LogP contribution in [0.25, 0.3) is 0 Å². The van der Waals surface area contributed by atoms with Crippen molar-refractivity contribution in [3.63, 3.8) is 0 Å². The SMILES string of the molecule is CCOCCOc1ccc([C@@H](N)CC)nc1. The molecule has 1 heterocycles. The molecule has 0 aliphatic carbocycles. The maximum atomic E-state index is 5.86.